The number of aromatic nitrogens is 1. The van der Waals surface area contributed by atoms with E-state index in [1.54, 1.807) is 35.9 Å². The molecule has 1 N–H and O–H groups in total. The normalized spacial score (nSPS) is 15.3. The molecule has 0 saturated carbocycles. The summed E-state index contributed by atoms with van der Waals surface area (Å²) >= 11 is 17.6. The van der Waals surface area contributed by atoms with E-state index in [1.807, 2.05) is 24.3 Å². The minimum atomic E-state index is -0.643. The molecule has 0 spiro atoms. The number of para-hydroxylation sites is 1. The summed E-state index contributed by atoms with van der Waals surface area (Å²) in [5.74, 6) is -1.67. The second kappa shape index (κ2) is 9.35. The molecule has 168 valence electrons. The molecule has 2 heterocycles. The number of rotatable bonds is 5. The van der Waals surface area contributed by atoms with Gasteiger partial charge in [0, 0.05) is 22.7 Å². The standard InChI is InChI=1S/C23H17Cl2N3O4S/c1-2-32-19(29)12-27-11-13(14-6-3-4-8-17(14)27)10-15-21(30)26-23(33)28(22(15)31)18-9-5-7-16(24)20(18)25/h3-11H,2,12H2,1H3,(H,26,30,33)/b15-10-. The number of esters is 1. The van der Waals surface area contributed by atoms with Gasteiger partial charge in [-0.05, 0) is 43.4 Å². The fraction of sp³-hybridized carbons (Fsp3) is 0.130. The van der Waals surface area contributed by atoms with Gasteiger partial charge in [0.25, 0.3) is 11.8 Å². The zero-order valence-corrected chi connectivity index (χ0v) is 19.6. The third-order valence-electron chi connectivity index (χ3n) is 5.00. The van der Waals surface area contributed by atoms with Crippen LogP contribution >= 0.6 is 35.4 Å². The summed E-state index contributed by atoms with van der Waals surface area (Å²) in [5, 5.41) is 3.56. The number of hydrogen-bond acceptors (Lipinski definition) is 5. The summed E-state index contributed by atoms with van der Waals surface area (Å²) in [4.78, 5) is 39.2. The third-order valence-corrected chi connectivity index (χ3v) is 6.09. The predicted octanol–water partition coefficient (Wildman–Crippen LogP) is 4.34. The van der Waals surface area contributed by atoms with Gasteiger partial charge in [0.05, 0.1) is 22.3 Å². The number of benzene rings is 2. The number of hydrogen-bond donors (Lipinski definition) is 1. The van der Waals surface area contributed by atoms with Gasteiger partial charge in [-0.3, -0.25) is 24.6 Å². The highest BCUT2D eigenvalue weighted by atomic mass is 35.5. The molecule has 10 heteroatoms. The van der Waals surface area contributed by atoms with Crippen LogP contribution in [-0.4, -0.2) is 34.1 Å². The summed E-state index contributed by atoms with van der Waals surface area (Å²) in [7, 11) is 0. The lowest BCUT2D eigenvalue weighted by molar-refractivity contribution is -0.143. The molecule has 2 amide bonds. The summed E-state index contributed by atoms with van der Waals surface area (Å²) in [6, 6.07) is 12.1. The van der Waals surface area contributed by atoms with E-state index in [-0.39, 0.29) is 39.6 Å². The van der Waals surface area contributed by atoms with E-state index in [0.29, 0.717) is 5.56 Å². The Hall–Kier alpha value is -3.20. The van der Waals surface area contributed by atoms with Crippen LogP contribution in [0.25, 0.3) is 17.0 Å². The molecule has 1 aromatic heterocycles. The van der Waals surface area contributed by atoms with Crippen molar-refractivity contribution in [2.45, 2.75) is 13.5 Å². The van der Waals surface area contributed by atoms with E-state index >= 15 is 0 Å². The maximum atomic E-state index is 13.3. The molecule has 0 radical (unpaired) electrons. The molecule has 0 bridgehead atoms. The SMILES string of the molecule is CCOC(=O)Cn1cc(/C=C2/C(=O)NC(=S)N(c3cccc(Cl)c3Cl)C2=O)c2ccccc21. The largest absolute Gasteiger partial charge is 0.465 e. The van der Waals surface area contributed by atoms with Gasteiger partial charge in [0.1, 0.15) is 12.1 Å². The second-order valence-corrected chi connectivity index (χ2v) is 8.24. The molecule has 33 heavy (non-hydrogen) atoms. The number of halogens is 2. The highest BCUT2D eigenvalue weighted by Gasteiger charge is 2.36. The van der Waals surface area contributed by atoms with Crippen molar-refractivity contribution in [2.75, 3.05) is 11.5 Å². The first-order chi connectivity index (χ1) is 15.8. The molecular formula is C23H17Cl2N3O4S. The van der Waals surface area contributed by atoms with E-state index in [1.165, 1.54) is 6.08 Å². The lowest BCUT2D eigenvalue weighted by Gasteiger charge is -2.29. The van der Waals surface area contributed by atoms with Crippen LogP contribution in [0.5, 0.6) is 0 Å². The monoisotopic (exact) mass is 501 g/mol. The first-order valence-corrected chi connectivity index (χ1v) is 11.1. The van der Waals surface area contributed by atoms with Gasteiger partial charge in [0.2, 0.25) is 0 Å². The topological polar surface area (TPSA) is 80.6 Å². The third kappa shape index (κ3) is 4.37. The molecule has 1 aliphatic rings. The van der Waals surface area contributed by atoms with Crippen LogP contribution in [0.15, 0.2) is 54.2 Å². The molecule has 2 aromatic carbocycles. The van der Waals surface area contributed by atoms with Crippen LogP contribution in [0, 0.1) is 0 Å². The Morgan fingerprint density at radius 3 is 2.67 bits per heavy atom. The zero-order chi connectivity index (χ0) is 23.7. The first kappa shape index (κ1) is 23.0. The van der Waals surface area contributed by atoms with Crippen molar-refractivity contribution < 1.29 is 19.1 Å². The number of thiocarbonyl (C=S) groups is 1. The Kier molecular flexibility index (Phi) is 6.51. The fourth-order valence-corrected chi connectivity index (χ4v) is 4.22. The highest BCUT2D eigenvalue weighted by molar-refractivity contribution is 7.80. The quantitative estimate of drug-likeness (QED) is 0.243. The number of nitrogens with zero attached hydrogens (tertiary/aromatic N) is 2. The number of carbonyl (C=O) groups excluding carboxylic acids is 3. The maximum absolute atomic E-state index is 13.3. The average Bonchev–Trinajstić information content (AvgIpc) is 3.11. The number of amides is 2. The van der Waals surface area contributed by atoms with Crippen LogP contribution in [0.2, 0.25) is 10.0 Å². The van der Waals surface area contributed by atoms with Crippen LogP contribution in [0.4, 0.5) is 5.69 Å². The minimum absolute atomic E-state index is 0.00793. The number of nitrogens with one attached hydrogen (secondary N) is 1. The molecule has 4 rings (SSSR count). The van der Waals surface area contributed by atoms with Gasteiger partial charge >= 0.3 is 5.97 Å². The van der Waals surface area contributed by atoms with Crippen molar-refractivity contribution in [1.82, 2.24) is 9.88 Å². The van der Waals surface area contributed by atoms with E-state index < -0.39 is 17.8 Å². The lowest BCUT2D eigenvalue weighted by Crippen LogP contribution is -2.54. The molecule has 3 aromatic rings. The summed E-state index contributed by atoms with van der Waals surface area (Å²) in [6.45, 7) is 1.99. The zero-order valence-electron chi connectivity index (χ0n) is 17.3. The van der Waals surface area contributed by atoms with E-state index in [0.717, 1.165) is 15.8 Å². The Bertz CT molecular complexity index is 1350. The first-order valence-electron chi connectivity index (χ1n) is 9.90. The van der Waals surface area contributed by atoms with E-state index in [2.05, 4.69) is 5.32 Å². The Balaban J connectivity index is 1.79. The average molecular weight is 502 g/mol. The lowest BCUT2D eigenvalue weighted by atomic mass is 10.1. The van der Waals surface area contributed by atoms with Crippen LogP contribution < -0.4 is 10.2 Å². The molecule has 7 nitrogen and oxygen atoms in total. The second-order valence-electron chi connectivity index (χ2n) is 7.07. The maximum Gasteiger partial charge on any atom is 0.325 e. The van der Waals surface area contributed by atoms with Gasteiger partial charge in [0.15, 0.2) is 5.11 Å². The number of fused-ring (bicyclic) bond motifs is 1. The van der Waals surface area contributed by atoms with Gasteiger partial charge < -0.3 is 9.30 Å². The van der Waals surface area contributed by atoms with Crippen molar-refractivity contribution in [2.24, 2.45) is 0 Å². The summed E-state index contributed by atoms with van der Waals surface area (Å²) < 4.78 is 6.76. The molecule has 0 unspecified atom stereocenters. The highest BCUT2D eigenvalue weighted by Crippen LogP contribution is 2.34. The predicted molar refractivity (Wildman–Crippen MR) is 131 cm³/mol. The summed E-state index contributed by atoms with van der Waals surface area (Å²) in [6.07, 6.45) is 3.16. The van der Waals surface area contributed by atoms with Crippen LogP contribution in [0.3, 0.4) is 0 Å². The van der Waals surface area contributed by atoms with Crippen molar-refractivity contribution in [3.05, 3.63) is 69.8 Å². The molecule has 0 atom stereocenters. The minimum Gasteiger partial charge on any atom is -0.465 e. The smallest absolute Gasteiger partial charge is 0.325 e. The van der Waals surface area contributed by atoms with Crippen molar-refractivity contribution in [1.29, 1.82) is 0 Å². The Morgan fingerprint density at radius 1 is 1.15 bits per heavy atom. The Labute approximate surface area is 204 Å². The molecular weight excluding hydrogens is 485 g/mol. The van der Waals surface area contributed by atoms with Crippen LogP contribution in [0.1, 0.15) is 12.5 Å². The van der Waals surface area contributed by atoms with Crippen molar-refractivity contribution in [3.63, 3.8) is 0 Å². The van der Waals surface area contributed by atoms with Gasteiger partial charge in [-0.15, -0.1) is 0 Å². The van der Waals surface area contributed by atoms with Gasteiger partial charge in [-0.25, -0.2) is 0 Å². The Morgan fingerprint density at radius 2 is 1.91 bits per heavy atom. The van der Waals surface area contributed by atoms with E-state index in [4.69, 9.17) is 40.2 Å². The van der Waals surface area contributed by atoms with E-state index in [9.17, 15) is 14.4 Å². The van der Waals surface area contributed by atoms with Crippen molar-refractivity contribution >= 4 is 81.0 Å². The number of anilines is 1. The molecule has 1 fully saturated rings. The van der Waals surface area contributed by atoms with Crippen LogP contribution in [-0.2, 0) is 25.7 Å². The number of carbonyl (C=O) groups is 3. The van der Waals surface area contributed by atoms with Crippen molar-refractivity contribution in [3.8, 4) is 0 Å². The summed E-state index contributed by atoms with van der Waals surface area (Å²) in [5.41, 5.74) is 1.46. The molecule has 1 saturated heterocycles. The number of ether oxygens (including phenoxy) is 1. The molecule has 0 aliphatic carbocycles. The molecule has 1 aliphatic heterocycles. The van der Waals surface area contributed by atoms with Gasteiger partial charge in [-0.2, -0.15) is 0 Å². The van der Waals surface area contributed by atoms with Gasteiger partial charge in [-0.1, -0.05) is 47.5 Å². The fourth-order valence-electron chi connectivity index (χ4n) is 3.56.